The molecule has 0 aliphatic heterocycles. The number of hydrogen-bond donors (Lipinski definition) is 0. The molecule has 0 saturated heterocycles. The monoisotopic (exact) mass is 450 g/mol. The van der Waals surface area contributed by atoms with Gasteiger partial charge in [-0.2, -0.15) is 14.6 Å². The van der Waals surface area contributed by atoms with Crippen LogP contribution in [0.4, 0.5) is 5.69 Å². The minimum atomic E-state index is -0.437. The van der Waals surface area contributed by atoms with E-state index in [0.717, 1.165) is 22.6 Å². The summed E-state index contributed by atoms with van der Waals surface area (Å²) in [6.45, 7) is 0. The molecule has 0 N–H and O–H groups in total. The molecule has 2 heterocycles. The molecule has 0 aliphatic rings. The molecule has 9 heteroatoms. The molecule has 0 radical (unpaired) electrons. The number of ether oxygens (including phenoxy) is 2. The molecule has 4 rings (SSSR count). The Labute approximate surface area is 188 Å². The van der Waals surface area contributed by atoms with E-state index in [1.165, 1.54) is 4.52 Å². The number of nitrogens with zero attached hydrogens (tertiary/aromatic N) is 4. The van der Waals surface area contributed by atoms with Crippen LogP contribution in [0.15, 0.2) is 52.1 Å². The highest BCUT2D eigenvalue weighted by Gasteiger charge is 2.13. The number of aromatic nitrogens is 3. The molecule has 0 spiro atoms. The Hall–Kier alpha value is -3.72. The van der Waals surface area contributed by atoms with Crippen LogP contribution in [0.3, 0.4) is 0 Å². The Balaban J connectivity index is 1.76. The van der Waals surface area contributed by atoms with Gasteiger partial charge in [0.1, 0.15) is 17.2 Å². The molecule has 0 fully saturated rings. The Kier molecular flexibility index (Phi) is 5.91. The summed E-state index contributed by atoms with van der Waals surface area (Å²) < 4.78 is 12.2. The van der Waals surface area contributed by atoms with Gasteiger partial charge in [-0.15, -0.1) is 0 Å². The van der Waals surface area contributed by atoms with Crippen LogP contribution in [0.1, 0.15) is 16.8 Å². The number of thiazole rings is 1. The zero-order valence-corrected chi connectivity index (χ0v) is 19.0. The van der Waals surface area contributed by atoms with E-state index in [0.29, 0.717) is 28.0 Å². The molecule has 0 saturated carbocycles. The van der Waals surface area contributed by atoms with Crippen LogP contribution in [0, 0.1) is 0 Å². The van der Waals surface area contributed by atoms with Crippen molar-refractivity contribution in [1.29, 1.82) is 0 Å². The van der Waals surface area contributed by atoms with Crippen molar-refractivity contribution in [2.75, 3.05) is 33.2 Å². The fourth-order valence-corrected chi connectivity index (χ4v) is 4.15. The molecule has 0 aliphatic carbocycles. The van der Waals surface area contributed by atoms with Crippen molar-refractivity contribution < 1.29 is 9.47 Å². The number of hydrogen-bond acceptors (Lipinski definition) is 8. The van der Waals surface area contributed by atoms with E-state index in [4.69, 9.17) is 9.47 Å². The highest BCUT2D eigenvalue weighted by atomic mass is 32.1. The molecule has 4 aromatic rings. The molecule has 0 bridgehead atoms. The quantitative estimate of drug-likeness (QED) is 0.442. The largest absolute Gasteiger partial charge is 0.497 e. The van der Waals surface area contributed by atoms with Gasteiger partial charge in [0.25, 0.3) is 11.1 Å². The standard InChI is InChI=1S/C23H22N4O4S/c1-26(2)16-7-5-14(6-8-16)11-18-21(28)24-23-27(25-18)22(29)20(32-23)13-15-12-17(30-3)9-10-19(15)31-4/h5-10,12-13H,11H2,1-4H3/b20-13-. The molecule has 0 amide bonds. The summed E-state index contributed by atoms with van der Waals surface area (Å²) in [4.78, 5) is 31.9. The van der Waals surface area contributed by atoms with Crippen LogP contribution >= 0.6 is 11.3 Å². The second-order valence-corrected chi connectivity index (χ2v) is 8.33. The Morgan fingerprint density at radius 1 is 1.06 bits per heavy atom. The van der Waals surface area contributed by atoms with Crippen LogP contribution in [0.25, 0.3) is 11.0 Å². The van der Waals surface area contributed by atoms with Gasteiger partial charge in [0.05, 0.1) is 18.8 Å². The molecule has 2 aromatic carbocycles. The van der Waals surface area contributed by atoms with Gasteiger partial charge in [-0.1, -0.05) is 23.5 Å². The Morgan fingerprint density at radius 3 is 2.47 bits per heavy atom. The molecular weight excluding hydrogens is 428 g/mol. The second kappa shape index (κ2) is 8.80. The third-order valence-electron chi connectivity index (χ3n) is 5.00. The van der Waals surface area contributed by atoms with E-state index in [-0.39, 0.29) is 16.2 Å². The summed E-state index contributed by atoms with van der Waals surface area (Å²) >= 11 is 1.11. The van der Waals surface area contributed by atoms with Gasteiger partial charge in [0.2, 0.25) is 4.96 Å². The summed E-state index contributed by atoms with van der Waals surface area (Å²) in [5.74, 6) is 1.24. The van der Waals surface area contributed by atoms with E-state index in [1.807, 2.05) is 43.3 Å². The smallest absolute Gasteiger partial charge is 0.296 e. The van der Waals surface area contributed by atoms with Gasteiger partial charge in [-0.3, -0.25) is 9.59 Å². The van der Waals surface area contributed by atoms with Gasteiger partial charge >= 0.3 is 0 Å². The van der Waals surface area contributed by atoms with Crippen molar-refractivity contribution in [3.05, 3.63) is 84.5 Å². The van der Waals surface area contributed by atoms with E-state index >= 15 is 0 Å². The first-order chi connectivity index (χ1) is 15.4. The van der Waals surface area contributed by atoms with Crippen LogP contribution in [-0.2, 0) is 6.42 Å². The van der Waals surface area contributed by atoms with Gasteiger partial charge in [0, 0.05) is 31.8 Å². The molecule has 32 heavy (non-hydrogen) atoms. The lowest BCUT2D eigenvalue weighted by Crippen LogP contribution is -2.28. The first-order valence-electron chi connectivity index (χ1n) is 9.82. The average Bonchev–Trinajstić information content (AvgIpc) is 3.08. The molecule has 0 atom stereocenters. The van der Waals surface area contributed by atoms with E-state index in [9.17, 15) is 9.59 Å². The SMILES string of the molecule is COc1ccc(OC)c(/C=c2\sc3nc(=O)c(Cc4ccc(N(C)C)cc4)nn3c2=O)c1. The van der Waals surface area contributed by atoms with Crippen molar-refractivity contribution in [2.24, 2.45) is 0 Å². The molecule has 164 valence electrons. The van der Waals surface area contributed by atoms with Crippen molar-refractivity contribution in [2.45, 2.75) is 6.42 Å². The lowest BCUT2D eigenvalue weighted by atomic mass is 10.1. The molecule has 8 nitrogen and oxygen atoms in total. The molecule has 2 aromatic heterocycles. The van der Waals surface area contributed by atoms with Gasteiger partial charge < -0.3 is 14.4 Å². The maximum absolute atomic E-state index is 13.0. The van der Waals surface area contributed by atoms with Gasteiger partial charge in [-0.05, 0) is 42.0 Å². The van der Waals surface area contributed by atoms with Crippen LogP contribution in [0.5, 0.6) is 11.5 Å². The lowest BCUT2D eigenvalue weighted by molar-refractivity contribution is 0.402. The molecular formula is C23H22N4O4S. The highest BCUT2D eigenvalue weighted by molar-refractivity contribution is 7.15. The number of methoxy groups -OCH3 is 2. The minimum Gasteiger partial charge on any atom is -0.497 e. The van der Waals surface area contributed by atoms with Crippen LogP contribution < -0.4 is 30.0 Å². The number of anilines is 1. The summed E-state index contributed by atoms with van der Waals surface area (Å²) in [6, 6.07) is 13.1. The summed E-state index contributed by atoms with van der Waals surface area (Å²) in [5.41, 5.74) is 2.09. The van der Waals surface area contributed by atoms with Gasteiger partial charge in [0.15, 0.2) is 0 Å². The number of fused-ring (bicyclic) bond motifs is 1. The Bertz CT molecular complexity index is 1440. The number of benzene rings is 2. The average molecular weight is 451 g/mol. The van der Waals surface area contributed by atoms with Crippen molar-refractivity contribution in [3.63, 3.8) is 0 Å². The minimum absolute atomic E-state index is 0.223. The van der Waals surface area contributed by atoms with Crippen molar-refractivity contribution >= 4 is 28.1 Å². The third-order valence-corrected chi connectivity index (χ3v) is 5.96. The predicted molar refractivity (Wildman–Crippen MR) is 125 cm³/mol. The summed E-state index contributed by atoms with van der Waals surface area (Å²) in [7, 11) is 7.05. The molecule has 0 unspecified atom stereocenters. The first-order valence-corrected chi connectivity index (χ1v) is 10.6. The summed E-state index contributed by atoms with van der Waals surface area (Å²) in [6.07, 6.45) is 1.98. The van der Waals surface area contributed by atoms with E-state index in [2.05, 4.69) is 10.1 Å². The lowest BCUT2D eigenvalue weighted by Gasteiger charge is -2.12. The predicted octanol–water partition coefficient (Wildman–Crippen LogP) is 1.73. The highest BCUT2D eigenvalue weighted by Crippen LogP contribution is 2.24. The topological polar surface area (TPSA) is 86.0 Å². The maximum atomic E-state index is 13.0. The number of rotatable bonds is 6. The van der Waals surface area contributed by atoms with Crippen LogP contribution in [0.2, 0.25) is 0 Å². The fraction of sp³-hybridized carbons (Fsp3) is 0.217. The maximum Gasteiger partial charge on any atom is 0.296 e. The zero-order chi connectivity index (χ0) is 22.8. The van der Waals surface area contributed by atoms with Crippen molar-refractivity contribution in [3.8, 4) is 11.5 Å². The first kappa shape index (κ1) is 21.5. The summed E-state index contributed by atoms with van der Waals surface area (Å²) in [5, 5.41) is 4.32. The third kappa shape index (κ3) is 4.19. The van der Waals surface area contributed by atoms with Crippen LogP contribution in [-0.4, -0.2) is 42.9 Å². The van der Waals surface area contributed by atoms with E-state index in [1.54, 1.807) is 38.5 Å². The second-order valence-electron chi connectivity index (χ2n) is 7.32. The fourth-order valence-electron chi connectivity index (χ4n) is 3.25. The van der Waals surface area contributed by atoms with E-state index < -0.39 is 5.56 Å². The Morgan fingerprint density at radius 2 is 1.81 bits per heavy atom. The van der Waals surface area contributed by atoms with Crippen molar-refractivity contribution in [1.82, 2.24) is 14.6 Å². The zero-order valence-electron chi connectivity index (χ0n) is 18.2. The normalized spacial score (nSPS) is 11.7. The van der Waals surface area contributed by atoms with Gasteiger partial charge in [-0.25, -0.2) is 0 Å².